The Kier molecular flexibility index (Phi) is 4.56. The molecule has 134 valence electrons. The predicted octanol–water partition coefficient (Wildman–Crippen LogP) is 2.38. The molecule has 2 heterocycles. The number of nitrogens with two attached hydrogens (primary N) is 1. The van der Waals surface area contributed by atoms with Crippen molar-refractivity contribution in [1.82, 2.24) is 19.7 Å². The van der Waals surface area contributed by atoms with Crippen molar-refractivity contribution in [2.24, 2.45) is 24.6 Å². The Balaban J connectivity index is 1.55. The first-order valence-corrected chi connectivity index (χ1v) is 9.39. The van der Waals surface area contributed by atoms with Gasteiger partial charge in [0.1, 0.15) is 5.82 Å². The lowest BCUT2D eigenvalue weighted by Crippen LogP contribution is -2.27. The summed E-state index contributed by atoms with van der Waals surface area (Å²) in [6, 6.07) is 2.28. The van der Waals surface area contributed by atoms with E-state index in [9.17, 15) is 5.11 Å². The Labute approximate surface area is 148 Å². The van der Waals surface area contributed by atoms with Gasteiger partial charge in [0.05, 0.1) is 23.7 Å². The molecule has 0 aliphatic heterocycles. The molecule has 6 heteroatoms. The van der Waals surface area contributed by atoms with Crippen LogP contribution in [0.1, 0.15) is 56.1 Å². The second-order valence-corrected chi connectivity index (χ2v) is 7.69. The molecular weight excluding hydrogens is 314 g/mol. The minimum Gasteiger partial charge on any atom is -0.387 e. The largest absolute Gasteiger partial charge is 0.387 e. The standard InChI is InChI=1S/C19H27N5O/c1-24-18(19(25)13-4-5-13)15(11-22-24)16-8-9-21-17(23-16)10-12-2-6-14(20)7-3-12/h8-9,11-14,19,25H,2-7,10,20H2,1H3. The zero-order valence-corrected chi connectivity index (χ0v) is 14.8. The van der Waals surface area contributed by atoms with E-state index < -0.39 is 6.10 Å². The highest BCUT2D eigenvalue weighted by Crippen LogP contribution is 2.43. The first-order chi connectivity index (χ1) is 12.1. The molecule has 0 saturated heterocycles. The van der Waals surface area contributed by atoms with Gasteiger partial charge >= 0.3 is 0 Å². The number of aliphatic hydroxyl groups excluding tert-OH is 1. The Morgan fingerprint density at radius 1 is 1.24 bits per heavy atom. The molecule has 2 fully saturated rings. The molecule has 6 nitrogen and oxygen atoms in total. The number of rotatable bonds is 5. The van der Waals surface area contributed by atoms with E-state index in [-0.39, 0.29) is 0 Å². The van der Waals surface area contributed by atoms with Gasteiger partial charge in [0.2, 0.25) is 0 Å². The molecule has 1 unspecified atom stereocenters. The molecule has 0 amide bonds. The van der Waals surface area contributed by atoms with Crippen molar-refractivity contribution in [3.8, 4) is 11.3 Å². The van der Waals surface area contributed by atoms with Crippen LogP contribution in [0, 0.1) is 11.8 Å². The van der Waals surface area contributed by atoms with Crippen molar-refractivity contribution in [2.75, 3.05) is 0 Å². The third-order valence-electron chi connectivity index (χ3n) is 5.68. The summed E-state index contributed by atoms with van der Waals surface area (Å²) < 4.78 is 1.78. The molecule has 2 aliphatic rings. The third kappa shape index (κ3) is 3.60. The van der Waals surface area contributed by atoms with Gasteiger partial charge in [-0.05, 0) is 56.4 Å². The zero-order valence-electron chi connectivity index (χ0n) is 14.8. The Hall–Kier alpha value is -1.79. The summed E-state index contributed by atoms with van der Waals surface area (Å²) in [5.41, 5.74) is 8.66. The molecule has 0 radical (unpaired) electrons. The molecule has 0 aromatic carbocycles. The Morgan fingerprint density at radius 3 is 2.72 bits per heavy atom. The van der Waals surface area contributed by atoms with E-state index in [1.54, 1.807) is 4.68 Å². The highest BCUT2D eigenvalue weighted by atomic mass is 16.3. The maximum atomic E-state index is 10.6. The maximum absolute atomic E-state index is 10.6. The van der Waals surface area contributed by atoms with Gasteiger partial charge in [0, 0.05) is 31.3 Å². The summed E-state index contributed by atoms with van der Waals surface area (Å²) in [4.78, 5) is 9.26. The smallest absolute Gasteiger partial charge is 0.129 e. The summed E-state index contributed by atoms with van der Waals surface area (Å²) in [6.07, 6.45) is 10.8. The zero-order chi connectivity index (χ0) is 17.4. The minimum atomic E-state index is -0.458. The molecule has 3 N–H and O–H groups in total. The van der Waals surface area contributed by atoms with Crippen molar-refractivity contribution in [2.45, 2.75) is 57.1 Å². The fourth-order valence-electron chi connectivity index (χ4n) is 3.93. The average Bonchev–Trinajstić information content (AvgIpc) is 3.39. The van der Waals surface area contributed by atoms with Gasteiger partial charge < -0.3 is 10.8 Å². The van der Waals surface area contributed by atoms with E-state index in [4.69, 9.17) is 10.7 Å². The number of hydrogen-bond acceptors (Lipinski definition) is 5. The molecule has 25 heavy (non-hydrogen) atoms. The molecule has 2 saturated carbocycles. The van der Waals surface area contributed by atoms with Gasteiger partial charge in [-0.3, -0.25) is 4.68 Å². The molecule has 1 atom stereocenters. The number of aryl methyl sites for hydroxylation is 1. The van der Waals surface area contributed by atoms with Crippen LogP contribution < -0.4 is 5.73 Å². The van der Waals surface area contributed by atoms with Crippen LogP contribution in [0.25, 0.3) is 11.3 Å². The lowest BCUT2D eigenvalue weighted by Gasteiger charge is -2.25. The second-order valence-electron chi connectivity index (χ2n) is 7.69. The van der Waals surface area contributed by atoms with E-state index in [2.05, 4.69) is 10.1 Å². The lowest BCUT2D eigenvalue weighted by molar-refractivity contribution is 0.145. The maximum Gasteiger partial charge on any atom is 0.129 e. The van der Waals surface area contributed by atoms with E-state index in [1.165, 1.54) is 0 Å². The molecule has 2 aromatic heterocycles. The topological polar surface area (TPSA) is 89.9 Å². The Morgan fingerprint density at radius 2 is 2.00 bits per heavy atom. The van der Waals surface area contributed by atoms with Gasteiger partial charge in [-0.2, -0.15) is 5.10 Å². The molecule has 0 bridgehead atoms. The molecule has 0 spiro atoms. The van der Waals surface area contributed by atoms with Crippen LogP contribution in [-0.4, -0.2) is 30.9 Å². The summed E-state index contributed by atoms with van der Waals surface area (Å²) >= 11 is 0. The fourth-order valence-corrected chi connectivity index (χ4v) is 3.93. The quantitative estimate of drug-likeness (QED) is 0.871. The monoisotopic (exact) mass is 341 g/mol. The molecule has 2 aromatic rings. The van der Waals surface area contributed by atoms with Crippen molar-refractivity contribution >= 4 is 0 Å². The number of hydrogen-bond donors (Lipinski definition) is 2. The highest BCUT2D eigenvalue weighted by Gasteiger charge is 2.34. The van der Waals surface area contributed by atoms with Gasteiger partial charge in [-0.25, -0.2) is 9.97 Å². The summed E-state index contributed by atoms with van der Waals surface area (Å²) in [6.45, 7) is 0. The summed E-state index contributed by atoms with van der Waals surface area (Å²) in [5, 5.41) is 15.0. The fraction of sp³-hybridized carbons (Fsp3) is 0.632. The summed E-state index contributed by atoms with van der Waals surface area (Å²) in [7, 11) is 1.89. The van der Waals surface area contributed by atoms with Crippen molar-refractivity contribution in [3.05, 3.63) is 30.0 Å². The molecule has 4 rings (SSSR count). The molecule has 2 aliphatic carbocycles. The minimum absolute atomic E-state index is 0.363. The van der Waals surface area contributed by atoms with Gasteiger partial charge in [-0.15, -0.1) is 0 Å². The SMILES string of the molecule is Cn1ncc(-c2ccnc(CC3CCC(N)CC3)n2)c1C(O)C1CC1. The first kappa shape index (κ1) is 16.7. The molecular formula is C19H27N5O. The summed E-state index contributed by atoms with van der Waals surface area (Å²) in [5.74, 6) is 1.87. The van der Waals surface area contributed by atoms with Gasteiger partial charge in [-0.1, -0.05) is 0 Å². The van der Waals surface area contributed by atoms with E-state index in [0.717, 1.165) is 67.7 Å². The third-order valence-corrected chi connectivity index (χ3v) is 5.68. The van der Waals surface area contributed by atoms with Gasteiger partial charge in [0.15, 0.2) is 0 Å². The van der Waals surface area contributed by atoms with Crippen LogP contribution in [0.3, 0.4) is 0 Å². The Bertz CT molecular complexity index is 731. The van der Waals surface area contributed by atoms with Crippen LogP contribution >= 0.6 is 0 Å². The van der Waals surface area contributed by atoms with Crippen LogP contribution in [0.2, 0.25) is 0 Å². The van der Waals surface area contributed by atoms with E-state index in [1.807, 2.05) is 25.5 Å². The predicted molar refractivity (Wildman–Crippen MR) is 95.6 cm³/mol. The first-order valence-electron chi connectivity index (χ1n) is 9.39. The highest BCUT2D eigenvalue weighted by molar-refractivity contribution is 5.61. The lowest BCUT2D eigenvalue weighted by atomic mass is 9.84. The van der Waals surface area contributed by atoms with Crippen molar-refractivity contribution < 1.29 is 5.11 Å². The van der Waals surface area contributed by atoms with Crippen LogP contribution in [0.5, 0.6) is 0 Å². The second kappa shape index (κ2) is 6.84. The van der Waals surface area contributed by atoms with E-state index >= 15 is 0 Å². The normalized spacial score (nSPS) is 25.1. The van der Waals surface area contributed by atoms with Crippen molar-refractivity contribution in [3.63, 3.8) is 0 Å². The van der Waals surface area contributed by atoms with Crippen LogP contribution in [0.15, 0.2) is 18.5 Å². The number of aromatic nitrogens is 4. The number of aliphatic hydroxyl groups is 1. The van der Waals surface area contributed by atoms with Gasteiger partial charge in [0.25, 0.3) is 0 Å². The number of nitrogens with zero attached hydrogens (tertiary/aromatic N) is 4. The average molecular weight is 341 g/mol. The van der Waals surface area contributed by atoms with Crippen LogP contribution in [0.4, 0.5) is 0 Å². The van der Waals surface area contributed by atoms with Crippen LogP contribution in [-0.2, 0) is 13.5 Å². The van der Waals surface area contributed by atoms with Crippen molar-refractivity contribution in [1.29, 1.82) is 0 Å². The van der Waals surface area contributed by atoms with E-state index in [0.29, 0.717) is 17.9 Å².